The Morgan fingerprint density at radius 1 is 1.36 bits per heavy atom. The lowest BCUT2D eigenvalue weighted by atomic mass is 9.87. The molecular formula is C11H14N2O. The maximum atomic E-state index is 10.2. The molecule has 0 aliphatic carbocycles. The van der Waals surface area contributed by atoms with Gasteiger partial charge in [0.05, 0.1) is 0 Å². The van der Waals surface area contributed by atoms with Crippen molar-refractivity contribution in [3.63, 3.8) is 0 Å². The lowest BCUT2D eigenvalue weighted by molar-refractivity contribution is 0.394. The van der Waals surface area contributed by atoms with Crippen molar-refractivity contribution in [2.75, 3.05) is 7.05 Å². The summed E-state index contributed by atoms with van der Waals surface area (Å²) in [5, 5.41) is 0. The van der Waals surface area contributed by atoms with Crippen LogP contribution in [-0.2, 0) is 4.79 Å². The molecule has 0 bridgehead atoms. The SMILES string of the molecule is C=C1C(C)C(=C)N(C)C(=C)C1N=C=O. The average Bonchev–Trinajstić information content (AvgIpc) is 2.19. The minimum Gasteiger partial charge on any atom is -0.350 e. The van der Waals surface area contributed by atoms with Crippen LogP contribution >= 0.6 is 0 Å². The summed E-state index contributed by atoms with van der Waals surface area (Å²) in [6.45, 7) is 13.7. The minimum absolute atomic E-state index is 0.118. The highest BCUT2D eigenvalue weighted by Gasteiger charge is 2.31. The molecule has 1 heterocycles. The van der Waals surface area contributed by atoms with Crippen LogP contribution in [-0.4, -0.2) is 24.1 Å². The molecule has 3 heteroatoms. The minimum atomic E-state index is -0.349. The molecular weight excluding hydrogens is 176 g/mol. The van der Waals surface area contributed by atoms with Crippen molar-refractivity contribution >= 4 is 6.08 Å². The van der Waals surface area contributed by atoms with E-state index in [4.69, 9.17) is 0 Å². The van der Waals surface area contributed by atoms with Gasteiger partial charge in [-0.2, -0.15) is 4.99 Å². The van der Waals surface area contributed by atoms with E-state index < -0.39 is 0 Å². The van der Waals surface area contributed by atoms with Gasteiger partial charge in [-0.25, -0.2) is 4.79 Å². The number of nitrogens with zero attached hydrogens (tertiary/aromatic N) is 2. The van der Waals surface area contributed by atoms with Gasteiger partial charge in [0.1, 0.15) is 6.04 Å². The van der Waals surface area contributed by atoms with Gasteiger partial charge in [-0.1, -0.05) is 26.7 Å². The molecule has 0 aromatic carbocycles. The van der Waals surface area contributed by atoms with Crippen molar-refractivity contribution in [1.82, 2.24) is 4.90 Å². The van der Waals surface area contributed by atoms with Crippen LogP contribution < -0.4 is 0 Å². The van der Waals surface area contributed by atoms with Gasteiger partial charge in [-0.05, 0) is 5.57 Å². The number of hydrogen-bond acceptors (Lipinski definition) is 3. The summed E-state index contributed by atoms with van der Waals surface area (Å²) >= 11 is 0. The first-order valence-corrected chi connectivity index (χ1v) is 4.37. The normalized spacial score (nSPS) is 27.6. The van der Waals surface area contributed by atoms with Crippen LogP contribution in [0, 0.1) is 5.92 Å². The van der Waals surface area contributed by atoms with Gasteiger partial charge in [0.25, 0.3) is 0 Å². The second-order valence-corrected chi connectivity index (χ2v) is 3.46. The molecule has 1 rings (SSSR count). The van der Waals surface area contributed by atoms with Gasteiger partial charge in [-0.3, -0.25) is 0 Å². The predicted molar refractivity (Wildman–Crippen MR) is 56.3 cm³/mol. The van der Waals surface area contributed by atoms with Crippen molar-refractivity contribution in [3.05, 3.63) is 36.7 Å². The fourth-order valence-corrected chi connectivity index (χ4v) is 1.53. The number of allylic oxidation sites excluding steroid dienone is 1. The lowest BCUT2D eigenvalue weighted by Gasteiger charge is -2.38. The smallest absolute Gasteiger partial charge is 0.235 e. The molecule has 1 fully saturated rings. The molecule has 0 saturated carbocycles. The standard InChI is InChI=1S/C11H14N2O/c1-7-8(2)11(12-6-14)10(4)13(5)9(7)3/h7,11H,2-4H2,1,5H3. The van der Waals surface area contributed by atoms with Crippen LogP contribution in [0.2, 0.25) is 0 Å². The fraction of sp³-hybridized carbons (Fsp3) is 0.364. The lowest BCUT2D eigenvalue weighted by Crippen LogP contribution is -2.36. The zero-order valence-corrected chi connectivity index (χ0v) is 8.58. The van der Waals surface area contributed by atoms with E-state index in [1.165, 1.54) is 0 Å². The number of piperidine rings is 1. The summed E-state index contributed by atoms with van der Waals surface area (Å²) in [6.07, 6.45) is 1.55. The molecule has 0 N–H and O–H groups in total. The fourth-order valence-electron chi connectivity index (χ4n) is 1.53. The van der Waals surface area contributed by atoms with E-state index in [1.807, 2.05) is 18.9 Å². The number of hydrogen-bond donors (Lipinski definition) is 0. The largest absolute Gasteiger partial charge is 0.350 e. The van der Waals surface area contributed by atoms with Crippen LogP contribution in [0.4, 0.5) is 0 Å². The quantitative estimate of drug-likeness (QED) is 0.359. The van der Waals surface area contributed by atoms with Crippen molar-refractivity contribution < 1.29 is 4.79 Å². The van der Waals surface area contributed by atoms with E-state index in [0.717, 1.165) is 17.0 Å². The Morgan fingerprint density at radius 3 is 2.43 bits per heavy atom. The monoisotopic (exact) mass is 190 g/mol. The van der Waals surface area contributed by atoms with Crippen LogP contribution in [0.5, 0.6) is 0 Å². The molecule has 2 atom stereocenters. The Kier molecular flexibility index (Phi) is 2.73. The van der Waals surface area contributed by atoms with E-state index >= 15 is 0 Å². The molecule has 1 aliphatic rings. The van der Waals surface area contributed by atoms with E-state index in [-0.39, 0.29) is 12.0 Å². The molecule has 0 radical (unpaired) electrons. The zero-order valence-electron chi connectivity index (χ0n) is 8.58. The van der Waals surface area contributed by atoms with Crippen molar-refractivity contribution in [2.24, 2.45) is 10.9 Å². The third kappa shape index (κ3) is 1.42. The first kappa shape index (κ1) is 10.5. The van der Waals surface area contributed by atoms with Gasteiger partial charge in [-0.15, -0.1) is 0 Å². The maximum absolute atomic E-state index is 10.2. The molecule has 0 spiro atoms. The van der Waals surface area contributed by atoms with Crippen molar-refractivity contribution in [1.29, 1.82) is 0 Å². The molecule has 0 amide bonds. The maximum Gasteiger partial charge on any atom is 0.235 e. The Hall–Kier alpha value is -1.60. The summed E-state index contributed by atoms with van der Waals surface area (Å²) in [4.78, 5) is 15.8. The first-order valence-electron chi connectivity index (χ1n) is 4.37. The number of aliphatic imine (C=N–C) groups is 1. The third-order valence-electron chi connectivity index (χ3n) is 2.77. The molecule has 3 nitrogen and oxygen atoms in total. The molecule has 0 aromatic heterocycles. The number of carbonyl (C=O) groups excluding carboxylic acids is 1. The highest BCUT2D eigenvalue weighted by atomic mass is 16.1. The summed E-state index contributed by atoms with van der Waals surface area (Å²) in [5.41, 5.74) is 2.50. The Morgan fingerprint density at radius 2 is 1.93 bits per heavy atom. The molecule has 74 valence electrons. The molecule has 1 saturated heterocycles. The number of rotatable bonds is 1. The van der Waals surface area contributed by atoms with Crippen LogP contribution in [0.1, 0.15) is 6.92 Å². The van der Waals surface area contributed by atoms with Crippen molar-refractivity contribution in [2.45, 2.75) is 13.0 Å². The molecule has 1 aliphatic heterocycles. The summed E-state index contributed by atoms with van der Waals surface area (Å²) in [5.74, 6) is 0.118. The predicted octanol–water partition coefficient (Wildman–Crippen LogP) is 1.86. The second kappa shape index (κ2) is 3.64. The van der Waals surface area contributed by atoms with Gasteiger partial charge >= 0.3 is 0 Å². The highest BCUT2D eigenvalue weighted by Crippen LogP contribution is 2.35. The van der Waals surface area contributed by atoms with Crippen LogP contribution in [0.15, 0.2) is 41.7 Å². The van der Waals surface area contributed by atoms with Gasteiger partial charge in [0.2, 0.25) is 6.08 Å². The Balaban J connectivity index is 3.10. The number of isocyanates is 1. The van der Waals surface area contributed by atoms with Gasteiger partial charge < -0.3 is 4.90 Å². The van der Waals surface area contributed by atoms with Gasteiger partial charge in [0, 0.05) is 24.4 Å². The molecule has 2 unspecified atom stereocenters. The van der Waals surface area contributed by atoms with E-state index in [9.17, 15) is 4.79 Å². The molecule has 0 aromatic rings. The highest BCUT2D eigenvalue weighted by molar-refractivity contribution is 5.42. The first-order chi connectivity index (χ1) is 6.50. The zero-order chi connectivity index (χ0) is 10.9. The third-order valence-corrected chi connectivity index (χ3v) is 2.77. The summed E-state index contributed by atoms with van der Waals surface area (Å²) in [6, 6.07) is -0.349. The van der Waals surface area contributed by atoms with Crippen LogP contribution in [0.3, 0.4) is 0 Å². The van der Waals surface area contributed by atoms with E-state index in [1.54, 1.807) is 6.08 Å². The van der Waals surface area contributed by atoms with E-state index in [2.05, 4.69) is 24.7 Å². The van der Waals surface area contributed by atoms with E-state index in [0.29, 0.717) is 0 Å². The summed E-state index contributed by atoms with van der Waals surface area (Å²) < 4.78 is 0. The average molecular weight is 190 g/mol. The number of likely N-dealkylation sites (N-methyl/N-ethyl adjacent to an activating group) is 1. The Bertz CT molecular complexity index is 326. The van der Waals surface area contributed by atoms with Gasteiger partial charge in [0.15, 0.2) is 0 Å². The number of likely N-dealkylation sites (tertiary alicyclic amines) is 1. The summed E-state index contributed by atoms with van der Waals surface area (Å²) in [7, 11) is 1.86. The second-order valence-electron chi connectivity index (χ2n) is 3.46. The van der Waals surface area contributed by atoms with Crippen molar-refractivity contribution in [3.8, 4) is 0 Å². The Labute approximate surface area is 84.1 Å². The molecule has 14 heavy (non-hydrogen) atoms. The van der Waals surface area contributed by atoms with Crippen LogP contribution in [0.25, 0.3) is 0 Å². The topological polar surface area (TPSA) is 32.7 Å².